The molecule has 0 saturated carbocycles. The van der Waals surface area contributed by atoms with Gasteiger partial charge in [-0.2, -0.15) is 0 Å². The molecule has 2 nitrogen and oxygen atoms in total. The maximum Gasteiger partial charge on any atom is 0.0540 e. The fourth-order valence-corrected chi connectivity index (χ4v) is 8.38. The molecule has 0 amide bonds. The summed E-state index contributed by atoms with van der Waals surface area (Å²) in [6, 6.07) is 70.8. The molecule has 266 valence electrons. The fraction of sp³-hybridized carbons (Fsp3) is 0.0370. The van der Waals surface area contributed by atoms with Crippen LogP contribution in [0.2, 0.25) is 0 Å². The van der Waals surface area contributed by atoms with Gasteiger partial charge in [-0.3, -0.25) is 0 Å². The number of fused-ring (bicyclic) bond motifs is 2. The lowest BCUT2D eigenvalue weighted by molar-refractivity contribution is 1.29. The molecule has 0 N–H and O–H groups in total. The summed E-state index contributed by atoms with van der Waals surface area (Å²) in [6.45, 7) is 4.29. The summed E-state index contributed by atoms with van der Waals surface area (Å²) in [6.07, 6.45) is 4.35. The van der Waals surface area contributed by atoms with E-state index in [0.717, 1.165) is 34.0 Å². The van der Waals surface area contributed by atoms with Crippen LogP contribution >= 0.6 is 0 Å². The van der Waals surface area contributed by atoms with E-state index in [1.165, 1.54) is 65.5 Å². The normalized spacial score (nSPS) is 11.7. The molecule has 0 spiro atoms. The molecule has 10 rings (SSSR count). The van der Waals surface area contributed by atoms with Crippen LogP contribution in [0.5, 0.6) is 0 Å². The molecule has 0 aliphatic heterocycles. The zero-order valence-corrected chi connectivity index (χ0v) is 31.5. The van der Waals surface area contributed by atoms with Gasteiger partial charge >= 0.3 is 0 Å². The molecule has 0 saturated heterocycles. The minimum Gasteiger partial charge on any atom is -0.310 e. The van der Waals surface area contributed by atoms with Gasteiger partial charge < -0.3 is 9.80 Å². The van der Waals surface area contributed by atoms with Crippen LogP contribution in [0.4, 0.5) is 34.1 Å². The predicted octanol–water partition coefficient (Wildman–Crippen LogP) is 15.5. The molecular weight excluding hydrogens is 677 g/mol. The Morgan fingerprint density at radius 1 is 0.286 bits per heavy atom. The van der Waals surface area contributed by atoms with Crippen LogP contribution in [0.15, 0.2) is 194 Å². The van der Waals surface area contributed by atoms with E-state index in [9.17, 15) is 0 Å². The number of hydrogen-bond acceptors (Lipinski definition) is 2. The lowest BCUT2D eigenvalue weighted by Crippen LogP contribution is -2.11. The molecule has 0 aliphatic rings. The summed E-state index contributed by atoms with van der Waals surface area (Å²) in [5.41, 5.74) is 11.7. The molecule has 56 heavy (non-hydrogen) atoms. The molecule has 10 aromatic rings. The molecule has 0 fully saturated rings. The van der Waals surface area contributed by atoms with E-state index in [0.29, 0.717) is 0 Å². The highest BCUT2D eigenvalue weighted by Crippen LogP contribution is 2.48. The highest BCUT2D eigenvalue weighted by molar-refractivity contribution is 6.35. The van der Waals surface area contributed by atoms with Gasteiger partial charge in [0.15, 0.2) is 0 Å². The van der Waals surface area contributed by atoms with Gasteiger partial charge in [-0.25, -0.2) is 0 Å². The van der Waals surface area contributed by atoms with E-state index in [1.807, 2.05) is 0 Å². The van der Waals surface area contributed by atoms with Gasteiger partial charge in [-0.15, -0.1) is 0 Å². The topological polar surface area (TPSA) is 6.48 Å². The Bertz CT molecular complexity index is 2980. The molecular formula is C54H40N2. The van der Waals surface area contributed by atoms with E-state index in [4.69, 9.17) is 0 Å². The Kier molecular flexibility index (Phi) is 8.30. The first kappa shape index (κ1) is 33.4. The van der Waals surface area contributed by atoms with Crippen molar-refractivity contribution in [3.8, 4) is 0 Å². The SMILES string of the molecule is Cc1ccc(N(c2ccccc2)c2ccc3c4cccc5c(N(c6ccc(C)cc6)c6ccc(/C=C/c7ccccc7)cc6)ccc(c6cccc2c63)c54)cc1. The van der Waals surface area contributed by atoms with Gasteiger partial charge in [0, 0.05) is 33.5 Å². The van der Waals surface area contributed by atoms with Crippen LogP contribution in [0.1, 0.15) is 22.3 Å². The van der Waals surface area contributed by atoms with Crippen molar-refractivity contribution in [1.82, 2.24) is 0 Å². The number of anilines is 6. The third kappa shape index (κ3) is 5.84. The number of aryl methyl sites for hydroxylation is 2. The minimum absolute atomic E-state index is 1.12. The first-order valence-corrected chi connectivity index (χ1v) is 19.3. The average molecular weight is 717 g/mol. The van der Waals surface area contributed by atoms with Crippen molar-refractivity contribution in [3.63, 3.8) is 0 Å². The van der Waals surface area contributed by atoms with Crippen molar-refractivity contribution in [2.45, 2.75) is 13.8 Å². The van der Waals surface area contributed by atoms with Crippen molar-refractivity contribution in [2.75, 3.05) is 9.80 Å². The molecule has 0 unspecified atom stereocenters. The van der Waals surface area contributed by atoms with Crippen LogP contribution in [-0.4, -0.2) is 0 Å². The van der Waals surface area contributed by atoms with Gasteiger partial charge in [-0.1, -0.05) is 157 Å². The maximum atomic E-state index is 2.41. The zero-order chi connectivity index (χ0) is 37.6. The fourth-order valence-electron chi connectivity index (χ4n) is 8.38. The van der Waals surface area contributed by atoms with Gasteiger partial charge in [0.05, 0.1) is 11.4 Å². The van der Waals surface area contributed by atoms with Gasteiger partial charge in [0.25, 0.3) is 0 Å². The van der Waals surface area contributed by atoms with Crippen LogP contribution in [0.25, 0.3) is 55.2 Å². The highest BCUT2D eigenvalue weighted by atomic mass is 15.1. The summed E-state index contributed by atoms with van der Waals surface area (Å²) in [5.74, 6) is 0. The minimum atomic E-state index is 1.12. The van der Waals surface area contributed by atoms with Crippen molar-refractivity contribution < 1.29 is 0 Å². The van der Waals surface area contributed by atoms with Gasteiger partial charge in [-0.05, 0) is 118 Å². The van der Waals surface area contributed by atoms with Crippen molar-refractivity contribution >= 4 is 89.4 Å². The molecule has 0 bridgehead atoms. The lowest BCUT2D eigenvalue weighted by Gasteiger charge is -2.29. The summed E-state index contributed by atoms with van der Waals surface area (Å²) in [7, 11) is 0. The molecule has 0 aliphatic carbocycles. The average Bonchev–Trinajstić information content (AvgIpc) is 3.25. The van der Waals surface area contributed by atoms with Gasteiger partial charge in [0.2, 0.25) is 0 Å². The molecule has 0 heterocycles. The van der Waals surface area contributed by atoms with E-state index >= 15 is 0 Å². The summed E-state index contributed by atoms with van der Waals surface area (Å²) in [4.78, 5) is 4.80. The lowest BCUT2D eigenvalue weighted by atomic mass is 9.88. The van der Waals surface area contributed by atoms with Crippen molar-refractivity contribution in [3.05, 3.63) is 216 Å². The van der Waals surface area contributed by atoms with E-state index in [1.54, 1.807) is 0 Å². The second-order valence-electron chi connectivity index (χ2n) is 14.7. The number of nitrogens with zero attached hydrogens (tertiary/aromatic N) is 2. The van der Waals surface area contributed by atoms with Crippen molar-refractivity contribution in [2.24, 2.45) is 0 Å². The predicted molar refractivity (Wildman–Crippen MR) is 242 cm³/mol. The van der Waals surface area contributed by atoms with Crippen molar-refractivity contribution in [1.29, 1.82) is 0 Å². The highest BCUT2D eigenvalue weighted by Gasteiger charge is 2.22. The Morgan fingerprint density at radius 3 is 1.11 bits per heavy atom. The largest absolute Gasteiger partial charge is 0.310 e. The molecule has 2 heteroatoms. The zero-order valence-electron chi connectivity index (χ0n) is 31.5. The molecule has 0 radical (unpaired) electrons. The first-order chi connectivity index (χ1) is 27.6. The van der Waals surface area contributed by atoms with Crippen LogP contribution in [0.3, 0.4) is 0 Å². The summed E-state index contributed by atoms with van der Waals surface area (Å²) < 4.78 is 0. The van der Waals surface area contributed by atoms with E-state index in [2.05, 4.69) is 230 Å². The first-order valence-electron chi connectivity index (χ1n) is 19.3. The Hall–Kier alpha value is -7.16. The maximum absolute atomic E-state index is 2.41. The standard InChI is InChI=1S/C54H40N2/c1-37-19-27-42(28-20-37)55(41-13-7-4-8-14-41)51-35-33-47-46-16-10-18-50-52(36-34-48(54(46)50)45-15-9-17-49(51)53(45)47)56(43-29-21-38(2)22-30-43)44-31-25-40(26-32-44)24-23-39-11-5-3-6-12-39/h3-36H,1-2H3/b24-23+. The van der Waals surface area contributed by atoms with E-state index in [-0.39, 0.29) is 0 Å². The smallest absolute Gasteiger partial charge is 0.0540 e. The summed E-state index contributed by atoms with van der Waals surface area (Å²) in [5, 5.41) is 10.1. The third-order valence-corrected chi connectivity index (χ3v) is 11.1. The van der Waals surface area contributed by atoms with E-state index < -0.39 is 0 Å². The Balaban J connectivity index is 1.16. The van der Waals surface area contributed by atoms with Crippen LogP contribution in [0, 0.1) is 13.8 Å². The third-order valence-electron chi connectivity index (χ3n) is 11.1. The molecule has 0 aromatic heterocycles. The van der Waals surface area contributed by atoms with Crippen LogP contribution in [-0.2, 0) is 0 Å². The van der Waals surface area contributed by atoms with Crippen LogP contribution < -0.4 is 9.80 Å². The number of hydrogen-bond donors (Lipinski definition) is 0. The monoisotopic (exact) mass is 716 g/mol. The Labute approximate surface area is 328 Å². The number of benzene rings is 10. The summed E-state index contributed by atoms with van der Waals surface area (Å²) >= 11 is 0. The molecule has 0 atom stereocenters. The quantitative estimate of drug-likeness (QED) is 0.0877. The number of rotatable bonds is 8. The molecule has 10 aromatic carbocycles. The number of para-hydroxylation sites is 1. The Morgan fingerprint density at radius 2 is 0.643 bits per heavy atom. The second-order valence-corrected chi connectivity index (χ2v) is 14.7. The van der Waals surface area contributed by atoms with Gasteiger partial charge in [0.1, 0.15) is 0 Å². The second kappa shape index (κ2) is 13.9.